The fourth-order valence-corrected chi connectivity index (χ4v) is 1.17. The molecule has 1 aromatic carbocycles. The van der Waals surface area contributed by atoms with Gasteiger partial charge in [-0.1, -0.05) is 23.7 Å². The third-order valence-corrected chi connectivity index (χ3v) is 2.06. The summed E-state index contributed by atoms with van der Waals surface area (Å²) in [6, 6.07) is 6.76. The zero-order valence-corrected chi connectivity index (χ0v) is 8.78. The molecule has 0 heterocycles. The van der Waals surface area contributed by atoms with Crippen LogP contribution in [0.25, 0.3) is 6.08 Å². The Morgan fingerprint density at radius 3 is 2.27 bits per heavy atom. The number of benzene rings is 1. The number of Topliss-reactive ketones (excluding diaryl/α,β-unsaturated/α-hetero) is 1. The van der Waals surface area contributed by atoms with Gasteiger partial charge in [-0.05, 0) is 30.7 Å². The van der Waals surface area contributed by atoms with Gasteiger partial charge in [-0.25, -0.2) is 4.79 Å². The van der Waals surface area contributed by atoms with Crippen molar-refractivity contribution in [1.82, 2.24) is 0 Å². The second-order valence-corrected chi connectivity index (χ2v) is 3.45. The summed E-state index contributed by atoms with van der Waals surface area (Å²) < 4.78 is 0. The zero-order valence-electron chi connectivity index (χ0n) is 8.03. The van der Waals surface area contributed by atoms with Crippen molar-refractivity contribution >= 4 is 29.4 Å². The van der Waals surface area contributed by atoms with Crippen LogP contribution in [0, 0.1) is 0 Å². The fourth-order valence-electron chi connectivity index (χ4n) is 1.04. The van der Waals surface area contributed by atoms with Crippen molar-refractivity contribution in [3.05, 3.63) is 40.4 Å². The highest BCUT2D eigenvalue weighted by Gasteiger charge is 2.12. The minimum Gasteiger partial charge on any atom is -0.475 e. The molecule has 0 amide bonds. The van der Waals surface area contributed by atoms with E-state index in [0.29, 0.717) is 5.02 Å². The third-order valence-electron chi connectivity index (χ3n) is 1.81. The van der Waals surface area contributed by atoms with E-state index in [0.717, 1.165) is 5.56 Å². The highest BCUT2D eigenvalue weighted by atomic mass is 35.5. The molecule has 0 spiro atoms. The van der Waals surface area contributed by atoms with E-state index in [-0.39, 0.29) is 5.57 Å². The summed E-state index contributed by atoms with van der Waals surface area (Å²) in [4.78, 5) is 21.4. The van der Waals surface area contributed by atoms with Crippen LogP contribution in [-0.2, 0) is 9.59 Å². The van der Waals surface area contributed by atoms with Crippen molar-refractivity contribution < 1.29 is 14.7 Å². The van der Waals surface area contributed by atoms with Gasteiger partial charge in [0.2, 0.25) is 0 Å². The van der Waals surface area contributed by atoms with E-state index in [1.807, 2.05) is 0 Å². The van der Waals surface area contributed by atoms with Crippen LogP contribution >= 0.6 is 11.6 Å². The molecule has 0 aliphatic carbocycles. The molecule has 0 aromatic heterocycles. The molecule has 3 nitrogen and oxygen atoms in total. The van der Waals surface area contributed by atoms with Crippen molar-refractivity contribution in [2.45, 2.75) is 6.92 Å². The van der Waals surface area contributed by atoms with E-state index < -0.39 is 11.8 Å². The quantitative estimate of drug-likeness (QED) is 0.634. The Hall–Kier alpha value is -1.61. The van der Waals surface area contributed by atoms with Crippen LogP contribution in [0.15, 0.2) is 29.8 Å². The smallest absolute Gasteiger partial charge is 0.376 e. The van der Waals surface area contributed by atoms with E-state index in [1.54, 1.807) is 24.3 Å². The summed E-state index contributed by atoms with van der Waals surface area (Å²) in [6.07, 6.45) is 1.51. The van der Waals surface area contributed by atoms with E-state index in [2.05, 4.69) is 0 Å². The molecule has 0 atom stereocenters. The summed E-state index contributed by atoms with van der Waals surface area (Å²) in [7, 11) is 0. The summed E-state index contributed by atoms with van der Waals surface area (Å²) in [5.74, 6) is -2.34. The first kappa shape index (κ1) is 11.5. The number of halogens is 1. The van der Waals surface area contributed by atoms with Gasteiger partial charge in [0.05, 0.1) is 0 Å². The van der Waals surface area contributed by atoms with Gasteiger partial charge in [-0.3, -0.25) is 4.79 Å². The lowest BCUT2D eigenvalue weighted by atomic mass is 10.1. The first-order valence-electron chi connectivity index (χ1n) is 4.22. The highest BCUT2D eigenvalue weighted by Crippen LogP contribution is 2.12. The number of ketones is 1. The van der Waals surface area contributed by atoms with Gasteiger partial charge in [0, 0.05) is 10.6 Å². The molecule has 1 N–H and O–H groups in total. The molecular formula is C11H9ClO3. The predicted octanol–water partition coefficient (Wildman–Crippen LogP) is 2.40. The third kappa shape index (κ3) is 3.22. The first-order valence-corrected chi connectivity index (χ1v) is 4.60. The molecule has 0 saturated carbocycles. The van der Waals surface area contributed by atoms with Crippen LogP contribution < -0.4 is 0 Å². The molecule has 0 saturated heterocycles. The lowest BCUT2D eigenvalue weighted by Crippen LogP contribution is -2.13. The molecule has 0 aliphatic heterocycles. The number of carbonyl (C=O) groups is 2. The average Bonchev–Trinajstić information content (AvgIpc) is 2.20. The number of carboxylic acids is 1. The predicted molar refractivity (Wildman–Crippen MR) is 57.7 cm³/mol. The highest BCUT2D eigenvalue weighted by molar-refractivity contribution is 6.40. The number of hydrogen-bond acceptors (Lipinski definition) is 2. The summed E-state index contributed by atoms with van der Waals surface area (Å²) in [5, 5.41) is 9.06. The number of carboxylic acid groups (broad SMARTS) is 1. The maximum Gasteiger partial charge on any atom is 0.376 e. The van der Waals surface area contributed by atoms with E-state index in [9.17, 15) is 9.59 Å². The van der Waals surface area contributed by atoms with Gasteiger partial charge in [0.1, 0.15) is 0 Å². The largest absolute Gasteiger partial charge is 0.475 e. The molecule has 0 fully saturated rings. The second kappa shape index (κ2) is 4.75. The second-order valence-electron chi connectivity index (χ2n) is 3.01. The van der Waals surface area contributed by atoms with Crippen LogP contribution in [0.3, 0.4) is 0 Å². The lowest BCUT2D eigenvalue weighted by Gasteiger charge is -1.97. The van der Waals surface area contributed by atoms with E-state index >= 15 is 0 Å². The number of aliphatic carboxylic acids is 1. The first-order chi connectivity index (χ1) is 7.00. The Bertz CT molecular complexity index is 418. The minimum absolute atomic E-state index is 0.185. The zero-order chi connectivity index (χ0) is 11.4. The SMILES string of the molecule is CC(=Cc1ccc(Cl)cc1)C(=O)C(=O)O. The van der Waals surface area contributed by atoms with Gasteiger partial charge in [0.25, 0.3) is 5.78 Å². The normalized spacial score (nSPS) is 11.2. The van der Waals surface area contributed by atoms with Crippen LogP contribution in [0.4, 0.5) is 0 Å². The fraction of sp³-hybridized carbons (Fsp3) is 0.0909. The summed E-state index contributed by atoms with van der Waals surface area (Å²) in [6.45, 7) is 1.46. The maximum atomic E-state index is 11.0. The Morgan fingerprint density at radius 1 is 1.27 bits per heavy atom. The molecule has 0 aliphatic rings. The van der Waals surface area contributed by atoms with Gasteiger partial charge in [-0.2, -0.15) is 0 Å². The average molecular weight is 225 g/mol. The number of hydrogen-bond donors (Lipinski definition) is 1. The van der Waals surface area contributed by atoms with Gasteiger partial charge in [-0.15, -0.1) is 0 Å². The number of rotatable bonds is 3. The molecule has 78 valence electrons. The summed E-state index contributed by atoms with van der Waals surface area (Å²) in [5.41, 5.74) is 0.927. The molecule has 4 heteroatoms. The minimum atomic E-state index is -1.45. The molecule has 0 unspecified atom stereocenters. The molecule has 0 bridgehead atoms. The monoisotopic (exact) mass is 224 g/mol. The van der Waals surface area contributed by atoms with Crippen molar-refractivity contribution in [3.8, 4) is 0 Å². The van der Waals surface area contributed by atoms with E-state index in [1.165, 1.54) is 13.0 Å². The van der Waals surface area contributed by atoms with Gasteiger partial charge in [0.15, 0.2) is 0 Å². The topological polar surface area (TPSA) is 54.4 Å². The van der Waals surface area contributed by atoms with Crippen LogP contribution in [0.5, 0.6) is 0 Å². The number of carbonyl (C=O) groups excluding carboxylic acids is 1. The van der Waals surface area contributed by atoms with Crippen LogP contribution in [-0.4, -0.2) is 16.9 Å². The van der Waals surface area contributed by atoms with Crippen molar-refractivity contribution in [1.29, 1.82) is 0 Å². The standard InChI is InChI=1S/C11H9ClO3/c1-7(10(13)11(14)15)6-8-2-4-9(12)5-3-8/h2-6H,1H3,(H,14,15). The summed E-state index contributed by atoms with van der Waals surface area (Å²) >= 11 is 5.68. The lowest BCUT2D eigenvalue weighted by molar-refractivity contribution is -0.147. The Morgan fingerprint density at radius 2 is 1.80 bits per heavy atom. The van der Waals surface area contributed by atoms with Gasteiger partial charge >= 0.3 is 5.97 Å². The molecule has 1 rings (SSSR count). The van der Waals surface area contributed by atoms with E-state index in [4.69, 9.17) is 16.7 Å². The molecule has 0 radical (unpaired) electrons. The molecule has 15 heavy (non-hydrogen) atoms. The Kier molecular flexibility index (Phi) is 3.63. The van der Waals surface area contributed by atoms with Crippen molar-refractivity contribution in [3.63, 3.8) is 0 Å². The molecular weight excluding hydrogens is 216 g/mol. The van der Waals surface area contributed by atoms with Crippen LogP contribution in [0.2, 0.25) is 5.02 Å². The molecule has 1 aromatic rings. The van der Waals surface area contributed by atoms with Crippen LogP contribution in [0.1, 0.15) is 12.5 Å². The van der Waals surface area contributed by atoms with Crippen molar-refractivity contribution in [2.24, 2.45) is 0 Å². The Balaban J connectivity index is 2.92. The van der Waals surface area contributed by atoms with Gasteiger partial charge < -0.3 is 5.11 Å². The maximum absolute atomic E-state index is 11.0. The Labute approximate surface area is 92.0 Å². The van der Waals surface area contributed by atoms with Crippen molar-refractivity contribution in [2.75, 3.05) is 0 Å².